The molecule has 2 nitrogen and oxygen atoms in total. The lowest BCUT2D eigenvalue weighted by atomic mass is 9.95. The summed E-state index contributed by atoms with van der Waals surface area (Å²) in [5.41, 5.74) is 1.97. The number of rotatable bonds is 3. The molecular formula is C14H20BrNO. The molecule has 1 rings (SSSR count). The average Bonchev–Trinajstić information content (AvgIpc) is 2.14. The van der Waals surface area contributed by atoms with Crippen LogP contribution in [0, 0.1) is 5.41 Å². The molecule has 0 saturated carbocycles. The molecule has 94 valence electrons. The maximum absolute atomic E-state index is 11.6. The third kappa shape index (κ3) is 4.15. The highest BCUT2D eigenvalue weighted by Crippen LogP contribution is 2.27. The van der Waals surface area contributed by atoms with Gasteiger partial charge in [0.1, 0.15) is 0 Å². The Labute approximate surface area is 112 Å². The molecule has 0 aliphatic heterocycles. The summed E-state index contributed by atoms with van der Waals surface area (Å²) in [5.74, 6) is 0.105. The van der Waals surface area contributed by atoms with E-state index in [-0.39, 0.29) is 11.2 Å². The molecule has 0 N–H and O–H groups in total. The van der Waals surface area contributed by atoms with E-state index in [9.17, 15) is 4.79 Å². The van der Waals surface area contributed by atoms with Crippen molar-refractivity contribution in [3.8, 4) is 0 Å². The van der Waals surface area contributed by atoms with Gasteiger partial charge in [-0.1, -0.05) is 36.7 Å². The molecule has 1 aromatic rings. The van der Waals surface area contributed by atoms with Crippen LogP contribution in [0.4, 0.5) is 5.69 Å². The van der Waals surface area contributed by atoms with Gasteiger partial charge in [0, 0.05) is 29.3 Å². The summed E-state index contributed by atoms with van der Waals surface area (Å²) in [6, 6.07) is 5.79. The van der Waals surface area contributed by atoms with E-state index in [0.29, 0.717) is 0 Å². The highest BCUT2D eigenvalue weighted by atomic mass is 79.9. The van der Waals surface area contributed by atoms with E-state index < -0.39 is 0 Å². The standard InChI is InChI=1S/C14H20BrNO/c1-10(17)12-7-6-11(15)8-13(12)16(5)9-14(2,3)4/h6-8H,9H2,1-5H3. The van der Waals surface area contributed by atoms with Crippen LogP contribution in [0.1, 0.15) is 38.1 Å². The molecule has 0 fully saturated rings. The Morgan fingerprint density at radius 2 is 1.94 bits per heavy atom. The predicted octanol–water partition coefficient (Wildman–Crippen LogP) is 4.13. The van der Waals surface area contributed by atoms with Crippen LogP contribution < -0.4 is 4.90 Å². The Balaban J connectivity index is 3.10. The molecule has 0 spiro atoms. The zero-order valence-electron chi connectivity index (χ0n) is 11.2. The van der Waals surface area contributed by atoms with Crippen molar-refractivity contribution in [1.29, 1.82) is 0 Å². The maximum Gasteiger partial charge on any atom is 0.161 e. The lowest BCUT2D eigenvalue weighted by molar-refractivity contribution is 0.101. The molecule has 0 aliphatic carbocycles. The molecule has 0 aromatic heterocycles. The average molecular weight is 298 g/mol. The number of benzene rings is 1. The number of nitrogens with zero attached hydrogens (tertiary/aromatic N) is 1. The number of Topliss-reactive ketones (excluding diaryl/α,β-unsaturated/α-hetero) is 1. The zero-order valence-corrected chi connectivity index (χ0v) is 12.8. The molecule has 3 heteroatoms. The zero-order chi connectivity index (χ0) is 13.2. The molecule has 0 unspecified atom stereocenters. The van der Waals surface area contributed by atoms with Crippen molar-refractivity contribution in [2.24, 2.45) is 5.41 Å². The highest BCUT2D eigenvalue weighted by Gasteiger charge is 2.17. The fourth-order valence-corrected chi connectivity index (χ4v) is 2.26. The Bertz CT molecular complexity index is 421. The van der Waals surface area contributed by atoms with E-state index in [2.05, 4.69) is 41.6 Å². The van der Waals surface area contributed by atoms with E-state index in [0.717, 1.165) is 22.3 Å². The molecule has 0 aliphatic rings. The Hall–Kier alpha value is -0.830. The smallest absolute Gasteiger partial charge is 0.161 e. The fraction of sp³-hybridized carbons (Fsp3) is 0.500. The number of hydrogen-bond donors (Lipinski definition) is 0. The van der Waals surface area contributed by atoms with E-state index in [1.807, 2.05) is 25.2 Å². The quantitative estimate of drug-likeness (QED) is 0.782. The van der Waals surface area contributed by atoms with E-state index in [1.54, 1.807) is 6.92 Å². The lowest BCUT2D eigenvalue weighted by Gasteiger charge is -2.29. The van der Waals surface area contributed by atoms with Gasteiger partial charge < -0.3 is 4.90 Å². The molecule has 0 radical (unpaired) electrons. The van der Waals surface area contributed by atoms with Crippen molar-refractivity contribution in [3.05, 3.63) is 28.2 Å². The minimum atomic E-state index is 0.105. The van der Waals surface area contributed by atoms with Crippen molar-refractivity contribution >= 4 is 27.4 Å². The van der Waals surface area contributed by atoms with Crippen molar-refractivity contribution in [3.63, 3.8) is 0 Å². The minimum absolute atomic E-state index is 0.105. The number of anilines is 1. The Morgan fingerprint density at radius 1 is 1.35 bits per heavy atom. The third-order valence-electron chi connectivity index (χ3n) is 2.46. The van der Waals surface area contributed by atoms with E-state index in [1.165, 1.54) is 0 Å². The van der Waals surface area contributed by atoms with Gasteiger partial charge in [-0.15, -0.1) is 0 Å². The Kier molecular flexibility index (Phi) is 4.36. The topological polar surface area (TPSA) is 20.3 Å². The summed E-state index contributed by atoms with van der Waals surface area (Å²) in [4.78, 5) is 13.7. The van der Waals surface area contributed by atoms with Crippen LogP contribution in [0.2, 0.25) is 0 Å². The second-order valence-corrected chi connectivity index (χ2v) is 6.55. The van der Waals surface area contributed by atoms with Gasteiger partial charge in [-0.2, -0.15) is 0 Å². The van der Waals surface area contributed by atoms with Gasteiger partial charge in [-0.25, -0.2) is 0 Å². The second kappa shape index (κ2) is 5.21. The molecule has 0 bridgehead atoms. The summed E-state index contributed by atoms with van der Waals surface area (Å²) >= 11 is 3.46. The van der Waals surface area contributed by atoms with Crippen LogP contribution in [0.3, 0.4) is 0 Å². The molecule has 1 aromatic carbocycles. The van der Waals surface area contributed by atoms with Crippen LogP contribution in [0.15, 0.2) is 22.7 Å². The van der Waals surface area contributed by atoms with Gasteiger partial charge in [0.05, 0.1) is 0 Å². The normalized spacial score (nSPS) is 11.4. The van der Waals surface area contributed by atoms with Gasteiger partial charge in [0.15, 0.2) is 5.78 Å². The fourth-order valence-electron chi connectivity index (χ4n) is 1.92. The van der Waals surface area contributed by atoms with Crippen molar-refractivity contribution in [2.75, 3.05) is 18.5 Å². The van der Waals surface area contributed by atoms with Crippen LogP contribution >= 0.6 is 15.9 Å². The molecule has 0 saturated heterocycles. The molecular weight excluding hydrogens is 278 g/mol. The summed E-state index contributed by atoms with van der Waals surface area (Å²) in [6.45, 7) is 9.08. The molecule has 0 amide bonds. The van der Waals surface area contributed by atoms with Crippen LogP contribution in [-0.4, -0.2) is 19.4 Å². The first kappa shape index (κ1) is 14.2. The third-order valence-corrected chi connectivity index (χ3v) is 2.96. The second-order valence-electron chi connectivity index (χ2n) is 5.63. The van der Waals surface area contributed by atoms with Gasteiger partial charge >= 0.3 is 0 Å². The minimum Gasteiger partial charge on any atom is -0.373 e. The lowest BCUT2D eigenvalue weighted by Crippen LogP contribution is -2.30. The number of hydrogen-bond acceptors (Lipinski definition) is 2. The number of ketones is 1. The van der Waals surface area contributed by atoms with Crippen LogP contribution in [0.5, 0.6) is 0 Å². The first-order chi connectivity index (χ1) is 7.70. The number of halogens is 1. The van der Waals surface area contributed by atoms with Crippen molar-refractivity contribution in [1.82, 2.24) is 0 Å². The van der Waals surface area contributed by atoms with Gasteiger partial charge in [0.2, 0.25) is 0 Å². The summed E-state index contributed by atoms with van der Waals surface area (Å²) in [6.07, 6.45) is 0. The largest absolute Gasteiger partial charge is 0.373 e. The van der Waals surface area contributed by atoms with Gasteiger partial charge in [0.25, 0.3) is 0 Å². The van der Waals surface area contributed by atoms with Crippen LogP contribution in [-0.2, 0) is 0 Å². The summed E-state index contributed by atoms with van der Waals surface area (Å²) in [5, 5.41) is 0. The summed E-state index contributed by atoms with van der Waals surface area (Å²) < 4.78 is 0.998. The van der Waals surface area contributed by atoms with Gasteiger partial charge in [-0.05, 0) is 30.5 Å². The van der Waals surface area contributed by atoms with E-state index >= 15 is 0 Å². The van der Waals surface area contributed by atoms with Crippen LogP contribution in [0.25, 0.3) is 0 Å². The number of carbonyl (C=O) groups excluding carboxylic acids is 1. The Morgan fingerprint density at radius 3 is 2.41 bits per heavy atom. The van der Waals surface area contributed by atoms with E-state index in [4.69, 9.17) is 0 Å². The van der Waals surface area contributed by atoms with Gasteiger partial charge in [-0.3, -0.25) is 4.79 Å². The highest BCUT2D eigenvalue weighted by molar-refractivity contribution is 9.10. The molecule has 0 heterocycles. The first-order valence-corrected chi connectivity index (χ1v) is 6.51. The molecule has 17 heavy (non-hydrogen) atoms. The van der Waals surface area contributed by atoms with Crippen molar-refractivity contribution in [2.45, 2.75) is 27.7 Å². The first-order valence-electron chi connectivity index (χ1n) is 5.72. The van der Waals surface area contributed by atoms with Crippen molar-refractivity contribution < 1.29 is 4.79 Å². The SMILES string of the molecule is CC(=O)c1ccc(Br)cc1N(C)CC(C)(C)C. The number of carbonyl (C=O) groups is 1. The predicted molar refractivity (Wildman–Crippen MR) is 76.9 cm³/mol. The monoisotopic (exact) mass is 297 g/mol. The maximum atomic E-state index is 11.6. The molecule has 0 atom stereocenters. The summed E-state index contributed by atoms with van der Waals surface area (Å²) in [7, 11) is 2.03.